The first-order valence-electron chi connectivity index (χ1n) is 16.8. The number of carboxylic acid groups (broad SMARTS) is 3. The average Bonchev–Trinajstić information content (AvgIpc) is 3.07. The Balaban J connectivity index is 2.03. The van der Waals surface area contributed by atoms with Crippen molar-refractivity contribution in [2.45, 2.75) is 108 Å². The fourth-order valence-corrected chi connectivity index (χ4v) is 5.33. The van der Waals surface area contributed by atoms with Gasteiger partial charge in [-0.25, -0.2) is 19.6 Å². The van der Waals surface area contributed by atoms with Crippen molar-refractivity contribution < 1.29 is 49.1 Å². The number of aliphatic carboxylic acids is 3. The molecule has 3 atom stereocenters. The van der Waals surface area contributed by atoms with Crippen molar-refractivity contribution in [1.82, 2.24) is 15.3 Å². The van der Waals surface area contributed by atoms with E-state index in [1.165, 1.54) is 19.6 Å². The maximum Gasteiger partial charge on any atom is 0.337 e. The number of hydrogen-bond donors (Lipinski definition) is 5. The minimum absolute atomic E-state index is 0.178. The lowest BCUT2D eigenvalue weighted by Gasteiger charge is -2.29. The first kappa shape index (κ1) is 40.5. The van der Waals surface area contributed by atoms with Crippen LogP contribution in [0.15, 0.2) is 48.8 Å². The predicted molar refractivity (Wildman–Crippen MR) is 181 cm³/mol. The average molecular weight is 684 g/mol. The molecular weight excluding hydrogens is 634 g/mol. The Morgan fingerprint density at radius 1 is 0.857 bits per heavy atom. The first-order valence-corrected chi connectivity index (χ1v) is 16.8. The molecule has 13 heteroatoms. The van der Waals surface area contributed by atoms with Gasteiger partial charge >= 0.3 is 23.9 Å². The fourth-order valence-electron chi connectivity index (χ4n) is 5.33. The van der Waals surface area contributed by atoms with E-state index < -0.39 is 47.8 Å². The van der Waals surface area contributed by atoms with Crippen LogP contribution in [-0.2, 0) is 30.4 Å². The van der Waals surface area contributed by atoms with Gasteiger partial charge in [-0.15, -0.1) is 0 Å². The zero-order valence-electron chi connectivity index (χ0n) is 28.3. The molecule has 0 aliphatic rings. The van der Waals surface area contributed by atoms with Crippen LogP contribution in [0.25, 0.3) is 11.1 Å². The summed E-state index contributed by atoms with van der Waals surface area (Å²) in [6.45, 7) is 2.15. The zero-order valence-corrected chi connectivity index (χ0v) is 28.3. The second kappa shape index (κ2) is 21.3. The summed E-state index contributed by atoms with van der Waals surface area (Å²) in [6.07, 6.45) is 14.3. The number of rotatable bonds is 25. The number of carbonyl (C=O) groups is 5. The van der Waals surface area contributed by atoms with Crippen LogP contribution >= 0.6 is 0 Å². The molecule has 3 unspecified atom stereocenters. The van der Waals surface area contributed by atoms with E-state index in [-0.39, 0.29) is 18.2 Å². The smallest absolute Gasteiger partial charge is 0.337 e. The summed E-state index contributed by atoms with van der Waals surface area (Å²) < 4.78 is 4.96. The van der Waals surface area contributed by atoms with Gasteiger partial charge in [0, 0.05) is 37.2 Å². The topological polar surface area (TPSA) is 213 Å². The highest BCUT2D eigenvalue weighted by molar-refractivity contribution is 5.94. The Labute approximate surface area is 286 Å². The quantitative estimate of drug-likeness (QED) is 0.0691. The third kappa shape index (κ3) is 14.2. The second-order valence-electron chi connectivity index (χ2n) is 12.1. The van der Waals surface area contributed by atoms with E-state index in [1.54, 1.807) is 36.7 Å². The number of allylic oxidation sites excluding steroid dienone is 1. The van der Waals surface area contributed by atoms with Crippen LogP contribution in [0.2, 0.25) is 0 Å². The number of methoxy groups -OCH3 is 1. The maximum absolute atomic E-state index is 13.4. The number of amides is 1. The molecule has 1 aromatic carbocycles. The van der Waals surface area contributed by atoms with Gasteiger partial charge in [0.05, 0.1) is 19.4 Å². The molecule has 0 aliphatic carbocycles. The van der Waals surface area contributed by atoms with E-state index >= 15 is 0 Å². The summed E-state index contributed by atoms with van der Waals surface area (Å²) in [7, 11) is 1.44. The highest BCUT2D eigenvalue weighted by atomic mass is 16.5. The van der Waals surface area contributed by atoms with Gasteiger partial charge < -0.3 is 30.5 Å². The maximum atomic E-state index is 13.4. The molecule has 1 aromatic heterocycles. The lowest BCUT2D eigenvalue weighted by molar-refractivity contribution is -0.172. The molecular formula is C36H49N3O10. The monoisotopic (exact) mass is 683 g/mol. The number of hydrogen-bond acceptors (Lipinski definition) is 9. The molecule has 0 spiro atoms. The highest BCUT2D eigenvalue weighted by Gasteiger charge is 2.49. The number of nitrogens with one attached hydrogen (secondary N) is 1. The lowest BCUT2D eigenvalue weighted by atomic mass is 9.82. The Morgan fingerprint density at radius 2 is 1.45 bits per heavy atom. The second-order valence-corrected chi connectivity index (χ2v) is 12.1. The van der Waals surface area contributed by atoms with Gasteiger partial charge in [0.2, 0.25) is 5.91 Å². The normalized spacial score (nSPS) is 13.7. The summed E-state index contributed by atoms with van der Waals surface area (Å²) >= 11 is 0. The molecule has 2 aromatic rings. The molecule has 49 heavy (non-hydrogen) atoms. The molecule has 1 heterocycles. The Kier molecular flexibility index (Phi) is 17.7. The molecule has 0 aliphatic heterocycles. The number of carbonyl (C=O) groups excluding carboxylic acids is 2. The first-order chi connectivity index (χ1) is 23.4. The van der Waals surface area contributed by atoms with Gasteiger partial charge in [0.1, 0.15) is 11.8 Å². The van der Waals surface area contributed by atoms with Crippen LogP contribution in [0.1, 0.15) is 96.0 Å². The number of ketones is 1. The lowest BCUT2D eigenvalue weighted by Crippen LogP contribution is -2.55. The summed E-state index contributed by atoms with van der Waals surface area (Å²) in [4.78, 5) is 69.3. The van der Waals surface area contributed by atoms with E-state index in [0.29, 0.717) is 36.8 Å². The zero-order chi connectivity index (χ0) is 36.2. The highest BCUT2D eigenvalue weighted by Crippen LogP contribution is 2.26. The van der Waals surface area contributed by atoms with Gasteiger partial charge in [-0.05, 0) is 36.8 Å². The van der Waals surface area contributed by atoms with Crippen molar-refractivity contribution in [2.24, 2.45) is 5.92 Å². The number of ether oxygens (including phenoxy) is 1. The summed E-state index contributed by atoms with van der Waals surface area (Å²) in [5.74, 6) is -7.76. The van der Waals surface area contributed by atoms with Gasteiger partial charge in [0.25, 0.3) is 0 Å². The summed E-state index contributed by atoms with van der Waals surface area (Å²) in [5, 5.41) is 42.2. The third-order valence-corrected chi connectivity index (χ3v) is 8.20. The Morgan fingerprint density at radius 3 is 1.98 bits per heavy atom. The van der Waals surface area contributed by atoms with E-state index in [4.69, 9.17) is 4.74 Å². The number of carboxylic acids is 3. The number of aliphatic hydroxyl groups is 1. The predicted octanol–water partition coefficient (Wildman–Crippen LogP) is 5.00. The van der Waals surface area contributed by atoms with Crippen LogP contribution in [-0.4, -0.2) is 78.7 Å². The van der Waals surface area contributed by atoms with E-state index in [0.717, 1.165) is 56.6 Å². The van der Waals surface area contributed by atoms with Crippen LogP contribution in [0.3, 0.4) is 0 Å². The fraction of sp³-hybridized carbons (Fsp3) is 0.528. The van der Waals surface area contributed by atoms with Gasteiger partial charge in [0.15, 0.2) is 5.60 Å². The molecule has 5 N–H and O–H groups in total. The molecule has 2 rings (SSSR count). The van der Waals surface area contributed by atoms with Crippen molar-refractivity contribution in [3.8, 4) is 17.1 Å². The molecule has 268 valence electrons. The van der Waals surface area contributed by atoms with Crippen molar-refractivity contribution >= 4 is 29.6 Å². The van der Waals surface area contributed by atoms with Crippen molar-refractivity contribution in [3.63, 3.8) is 0 Å². The van der Waals surface area contributed by atoms with Crippen molar-refractivity contribution in [1.29, 1.82) is 0 Å². The molecule has 0 radical (unpaired) electrons. The number of unbranched alkanes of at least 4 members (excludes halogenated alkanes) is 8. The Hall–Kier alpha value is -4.65. The molecule has 1 amide bonds. The van der Waals surface area contributed by atoms with Crippen LogP contribution in [0.5, 0.6) is 6.01 Å². The molecule has 0 saturated carbocycles. The Bertz CT molecular complexity index is 1390. The van der Waals surface area contributed by atoms with Gasteiger partial charge in [-0.3, -0.25) is 14.4 Å². The SMILES string of the molecule is CCCCCCCC(=O)CCCCCC/C=C/C(C(=O)NC(Cc1ccc(-c2cnc(OC)nc2)cc1)C(=O)O)C(O)(CC(=O)O)C(=O)O. The van der Waals surface area contributed by atoms with Crippen LogP contribution < -0.4 is 10.1 Å². The van der Waals surface area contributed by atoms with Gasteiger partial charge in [-0.1, -0.05) is 81.9 Å². The minimum Gasteiger partial charge on any atom is -0.481 e. The van der Waals surface area contributed by atoms with Crippen LogP contribution in [0, 0.1) is 5.92 Å². The minimum atomic E-state index is -3.03. The molecule has 13 nitrogen and oxygen atoms in total. The number of Topliss-reactive ketones (excluding diaryl/α,β-unsaturated/α-hetero) is 1. The van der Waals surface area contributed by atoms with Crippen molar-refractivity contribution in [3.05, 3.63) is 54.4 Å². The van der Waals surface area contributed by atoms with Gasteiger partial charge in [-0.2, -0.15) is 0 Å². The van der Waals surface area contributed by atoms with Crippen LogP contribution in [0.4, 0.5) is 0 Å². The number of aromatic nitrogens is 2. The number of nitrogens with zero attached hydrogens (tertiary/aromatic N) is 2. The molecule has 0 saturated heterocycles. The molecule has 0 bridgehead atoms. The van der Waals surface area contributed by atoms with Crippen molar-refractivity contribution in [2.75, 3.05) is 7.11 Å². The van der Waals surface area contributed by atoms with E-state index in [9.17, 15) is 44.4 Å². The van der Waals surface area contributed by atoms with E-state index in [2.05, 4.69) is 22.2 Å². The molecule has 0 fully saturated rings. The standard InChI is InChI=1S/C36H49N3O10/c1-3-4-5-8-11-14-28(40)15-12-9-6-7-10-13-16-29(36(48,34(46)47)22-31(41)42)32(43)39-30(33(44)45)21-25-17-19-26(20-18-25)27-23-37-35(49-2)38-24-27/h13,16-20,23-24,29-30,48H,3-12,14-15,21-22H2,1-2H3,(H,39,43)(H,41,42)(H,44,45)(H,46,47)/b16-13+. The van der Waals surface area contributed by atoms with E-state index in [1.807, 2.05) is 0 Å². The third-order valence-electron chi connectivity index (χ3n) is 8.20. The summed E-state index contributed by atoms with van der Waals surface area (Å²) in [5.41, 5.74) is -1.07. The largest absolute Gasteiger partial charge is 0.481 e. The number of benzene rings is 1. The summed E-state index contributed by atoms with van der Waals surface area (Å²) in [6, 6.07) is 5.44.